The van der Waals surface area contributed by atoms with Crippen LogP contribution in [0, 0.1) is 5.82 Å². The summed E-state index contributed by atoms with van der Waals surface area (Å²) in [6.45, 7) is 7.77. The van der Waals surface area contributed by atoms with Crippen LogP contribution in [0.1, 0.15) is 71.4 Å². The summed E-state index contributed by atoms with van der Waals surface area (Å²) < 4.78 is 19.6. The van der Waals surface area contributed by atoms with Gasteiger partial charge < -0.3 is 9.64 Å². The van der Waals surface area contributed by atoms with Crippen molar-refractivity contribution in [2.75, 3.05) is 11.5 Å². The molecular weight excluding hydrogens is 559 g/mol. The first-order valence-electron chi connectivity index (χ1n) is 15.9. The highest BCUT2D eigenvalue weighted by atomic mass is 19.1. The third kappa shape index (κ3) is 6.53. The smallest absolute Gasteiger partial charge is 0.340 e. The number of hydrogen-bond acceptors (Lipinski definition) is 4. The van der Waals surface area contributed by atoms with E-state index in [1.54, 1.807) is 12.1 Å². The van der Waals surface area contributed by atoms with Gasteiger partial charge in [0.05, 0.1) is 23.6 Å². The maximum Gasteiger partial charge on any atom is 0.340 e. The first-order valence-corrected chi connectivity index (χ1v) is 15.9. The molecule has 1 heterocycles. The molecule has 4 aromatic carbocycles. The van der Waals surface area contributed by atoms with Gasteiger partial charge in [0.2, 0.25) is 0 Å². The zero-order valence-corrected chi connectivity index (χ0v) is 26.2. The molecule has 5 heteroatoms. The highest BCUT2D eigenvalue weighted by Gasteiger charge is 2.30. The van der Waals surface area contributed by atoms with Gasteiger partial charge in [-0.3, -0.25) is 4.98 Å². The number of ether oxygens (including phenoxy) is 1. The average Bonchev–Trinajstić information content (AvgIpc) is 3.24. The van der Waals surface area contributed by atoms with Crippen molar-refractivity contribution in [3.8, 4) is 22.4 Å². The van der Waals surface area contributed by atoms with Crippen molar-refractivity contribution in [3.05, 3.63) is 142 Å². The van der Waals surface area contributed by atoms with Gasteiger partial charge in [-0.1, -0.05) is 92.7 Å². The van der Waals surface area contributed by atoms with Gasteiger partial charge in [-0.25, -0.2) is 9.18 Å². The van der Waals surface area contributed by atoms with Crippen LogP contribution in [0.4, 0.5) is 10.1 Å². The second kappa shape index (κ2) is 13.5. The summed E-state index contributed by atoms with van der Waals surface area (Å²) in [5.74, 6) is -0.714. The Kier molecular flexibility index (Phi) is 9.06. The standard InChI is InChI=1S/C40H39FN2O2/c1-4-45-40(44)37-36(30-18-20-32(41)21-19-30)35-17-11-16-31-24-33(22-23-34(31)39(35)42-38(37)27(2)3)43(25-28-12-7-5-8-13-28)26-29-14-9-6-10-15-29/h5-10,12-15,18-24,27H,4,11,16-17,25-26H2,1-3H3. The lowest BCUT2D eigenvalue weighted by Crippen LogP contribution is -2.22. The number of aromatic nitrogens is 1. The van der Waals surface area contributed by atoms with Crippen LogP contribution < -0.4 is 4.90 Å². The first kappa shape index (κ1) is 30.3. The third-order valence-electron chi connectivity index (χ3n) is 8.50. The van der Waals surface area contributed by atoms with E-state index in [0.717, 1.165) is 66.0 Å². The van der Waals surface area contributed by atoms with E-state index < -0.39 is 0 Å². The first-order chi connectivity index (χ1) is 21.9. The number of carbonyl (C=O) groups excluding carboxylic acids is 1. The normalized spacial score (nSPS) is 12.3. The lowest BCUT2D eigenvalue weighted by molar-refractivity contribution is 0.0525. The number of anilines is 1. The molecule has 0 amide bonds. The molecule has 0 aliphatic heterocycles. The van der Waals surface area contributed by atoms with Crippen molar-refractivity contribution in [1.29, 1.82) is 0 Å². The quantitative estimate of drug-likeness (QED) is 0.159. The van der Waals surface area contributed by atoms with Gasteiger partial charge in [-0.15, -0.1) is 0 Å². The number of fused-ring (bicyclic) bond motifs is 3. The molecule has 0 spiro atoms. The molecule has 1 aliphatic rings. The lowest BCUT2D eigenvalue weighted by Gasteiger charge is -2.27. The van der Waals surface area contributed by atoms with E-state index in [2.05, 4.69) is 97.6 Å². The molecule has 1 aliphatic carbocycles. The molecule has 0 radical (unpaired) electrons. The number of esters is 1. The molecule has 0 N–H and O–H groups in total. The fraction of sp³-hybridized carbons (Fsp3) is 0.250. The molecule has 0 saturated carbocycles. The zero-order valence-electron chi connectivity index (χ0n) is 26.2. The number of pyridine rings is 1. The molecule has 0 bridgehead atoms. The molecule has 45 heavy (non-hydrogen) atoms. The van der Waals surface area contributed by atoms with Crippen LogP contribution in [-0.2, 0) is 30.7 Å². The number of carbonyl (C=O) groups is 1. The third-order valence-corrected chi connectivity index (χ3v) is 8.50. The number of hydrogen-bond donors (Lipinski definition) is 0. The molecule has 0 atom stereocenters. The summed E-state index contributed by atoms with van der Waals surface area (Å²) in [4.78, 5) is 21.2. The lowest BCUT2D eigenvalue weighted by atomic mass is 9.87. The minimum absolute atomic E-state index is 0.0212. The summed E-state index contributed by atoms with van der Waals surface area (Å²) >= 11 is 0. The molecule has 0 saturated heterocycles. The topological polar surface area (TPSA) is 42.4 Å². The monoisotopic (exact) mass is 598 g/mol. The van der Waals surface area contributed by atoms with Crippen molar-refractivity contribution in [2.45, 2.75) is 59.0 Å². The van der Waals surface area contributed by atoms with E-state index in [1.165, 1.54) is 28.8 Å². The van der Waals surface area contributed by atoms with E-state index in [-0.39, 0.29) is 24.3 Å². The van der Waals surface area contributed by atoms with Gasteiger partial charge in [0, 0.05) is 29.9 Å². The predicted octanol–water partition coefficient (Wildman–Crippen LogP) is 9.55. The van der Waals surface area contributed by atoms with Gasteiger partial charge in [0.1, 0.15) is 5.82 Å². The molecule has 0 fully saturated rings. The summed E-state index contributed by atoms with van der Waals surface area (Å²) in [5.41, 5.74) is 10.8. The van der Waals surface area contributed by atoms with Crippen molar-refractivity contribution in [1.82, 2.24) is 4.98 Å². The fourth-order valence-electron chi connectivity index (χ4n) is 6.39. The van der Waals surface area contributed by atoms with Crippen LogP contribution in [-0.4, -0.2) is 17.6 Å². The van der Waals surface area contributed by atoms with E-state index in [0.29, 0.717) is 11.3 Å². The fourth-order valence-corrected chi connectivity index (χ4v) is 6.39. The predicted molar refractivity (Wildman–Crippen MR) is 180 cm³/mol. The average molecular weight is 599 g/mol. The van der Waals surface area contributed by atoms with E-state index in [4.69, 9.17) is 9.72 Å². The summed E-state index contributed by atoms with van der Waals surface area (Å²) in [6.07, 6.45) is 2.54. The number of halogens is 1. The molecule has 4 nitrogen and oxygen atoms in total. The number of benzene rings is 4. The highest BCUT2D eigenvalue weighted by Crippen LogP contribution is 2.42. The Morgan fingerprint density at radius 2 is 1.51 bits per heavy atom. The van der Waals surface area contributed by atoms with Gasteiger partial charge in [0.15, 0.2) is 0 Å². The van der Waals surface area contributed by atoms with E-state index >= 15 is 0 Å². The van der Waals surface area contributed by atoms with Crippen molar-refractivity contribution in [3.63, 3.8) is 0 Å². The van der Waals surface area contributed by atoms with Crippen molar-refractivity contribution >= 4 is 11.7 Å². The van der Waals surface area contributed by atoms with Crippen molar-refractivity contribution < 1.29 is 13.9 Å². The van der Waals surface area contributed by atoms with Crippen molar-refractivity contribution in [2.24, 2.45) is 0 Å². The summed E-state index contributed by atoms with van der Waals surface area (Å²) in [7, 11) is 0. The van der Waals surface area contributed by atoms with Crippen LogP contribution in [0.25, 0.3) is 22.4 Å². The minimum Gasteiger partial charge on any atom is -0.462 e. The molecule has 5 aromatic rings. The molecule has 1 aromatic heterocycles. The zero-order chi connectivity index (χ0) is 31.3. The SMILES string of the molecule is CCOC(=O)c1c(C(C)C)nc2c(c1-c1ccc(F)cc1)CCCc1cc(N(Cc3ccccc3)Cc3ccccc3)ccc1-2. The number of nitrogens with zero attached hydrogens (tertiary/aromatic N) is 2. The summed E-state index contributed by atoms with van der Waals surface area (Å²) in [5, 5.41) is 0. The molecule has 228 valence electrons. The van der Waals surface area contributed by atoms with Crippen LogP contribution in [0.3, 0.4) is 0 Å². The summed E-state index contributed by atoms with van der Waals surface area (Å²) in [6, 6.07) is 34.3. The number of rotatable bonds is 9. The van der Waals surface area contributed by atoms with Gasteiger partial charge in [-0.2, -0.15) is 0 Å². The Morgan fingerprint density at radius 1 is 0.867 bits per heavy atom. The maximum absolute atomic E-state index is 14.1. The van der Waals surface area contributed by atoms with Crippen LogP contribution >= 0.6 is 0 Å². The Morgan fingerprint density at radius 3 is 2.11 bits per heavy atom. The Bertz CT molecular complexity index is 1740. The second-order valence-electron chi connectivity index (χ2n) is 12.0. The maximum atomic E-state index is 14.1. The largest absolute Gasteiger partial charge is 0.462 e. The Labute approximate surface area is 265 Å². The van der Waals surface area contributed by atoms with Crippen LogP contribution in [0.2, 0.25) is 0 Å². The van der Waals surface area contributed by atoms with Crippen LogP contribution in [0.15, 0.2) is 103 Å². The van der Waals surface area contributed by atoms with Crippen LogP contribution in [0.5, 0.6) is 0 Å². The highest BCUT2D eigenvalue weighted by molar-refractivity contribution is 6.01. The second-order valence-corrected chi connectivity index (χ2v) is 12.0. The van der Waals surface area contributed by atoms with Gasteiger partial charge >= 0.3 is 5.97 Å². The van der Waals surface area contributed by atoms with E-state index in [1.807, 2.05) is 6.92 Å². The molecule has 0 unspecified atom stereocenters. The number of aryl methyl sites for hydroxylation is 1. The van der Waals surface area contributed by atoms with E-state index in [9.17, 15) is 9.18 Å². The van der Waals surface area contributed by atoms with Gasteiger partial charge in [-0.05, 0) is 84.2 Å². The minimum atomic E-state index is -0.381. The molecule has 6 rings (SSSR count). The Balaban J connectivity index is 1.50. The Hall–Kier alpha value is -4.77. The molecular formula is C40H39FN2O2. The van der Waals surface area contributed by atoms with Gasteiger partial charge in [0.25, 0.3) is 0 Å².